The van der Waals surface area contributed by atoms with Gasteiger partial charge in [0.25, 0.3) is 0 Å². The second kappa shape index (κ2) is 5.05. The molecule has 18 heavy (non-hydrogen) atoms. The van der Waals surface area contributed by atoms with E-state index in [0.29, 0.717) is 0 Å². The smallest absolute Gasteiger partial charge is 0.336 e. The second-order valence-corrected chi connectivity index (χ2v) is 4.00. The van der Waals surface area contributed by atoms with Gasteiger partial charge in [0.1, 0.15) is 0 Å². The van der Waals surface area contributed by atoms with Crippen LogP contribution in [0.4, 0.5) is 10.5 Å². The summed E-state index contributed by atoms with van der Waals surface area (Å²) < 4.78 is 15.3. The summed E-state index contributed by atoms with van der Waals surface area (Å²) in [6, 6.07) is 1.78. The number of anilines is 1. The Morgan fingerprint density at radius 2 is 2.50 bits per heavy atom. The third kappa shape index (κ3) is 2.98. The number of nitrogens with one attached hydrogen (secondary N) is 2. The van der Waals surface area contributed by atoms with Crippen molar-refractivity contribution in [3.63, 3.8) is 0 Å². The van der Waals surface area contributed by atoms with Crippen molar-refractivity contribution in [1.82, 2.24) is 10.2 Å². The van der Waals surface area contributed by atoms with Gasteiger partial charge in [0.15, 0.2) is 0 Å². The lowest BCUT2D eigenvalue weighted by Gasteiger charge is -2.08. The number of rotatable bonds is 1. The van der Waals surface area contributed by atoms with Gasteiger partial charge in [0.2, 0.25) is 11.9 Å². The molecule has 94 valence electrons. The molecule has 1 aromatic rings. The summed E-state index contributed by atoms with van der Waals surface area (Å²) in [5.74, 6) is -0.142. The van der Waals surface area contributed by atoms with Gasteiger partial charge in [-0.05, 0) is 18.2 Å². The predicted octanol–water partition coefficient (Wildman–Crippen LogP) is 1.29. The first-order valence-corrected chi connectivity index (χ1v) is 5.42. The van der Waals surface area contributed by atoms with Crippen LogP contribution in [0.15, 0.2) is 29.2 Å². The molecule has 0 spiro atoms. The number of amides is 3. The summed E-state index contributed by atoms with van der Waals surface area (Å²) in [6.07, 6.45) is 0. The highest BCUT2D eigenvalue weighted by molar-refractivity contribution is 6.30. The van der Waals surface area contributed by atoms with Gasteiger partial charge in [0, 0.05) is 17.8 Å². The van der Waals surface area contributed by atoms with Crippen LogP contribution in [0.1, 0.15) is 2.74 Å². The summed E-state index contributed by atoms with van der Waals surface area (Å²) in [6.45, 7) is 0.122. The molecule has 1 fully saturated rings. The van der Waals surface area contributed by atoms with E-state index in [1.165, 1.54) is 17.0 Å². The minimum absolute atomic E-state index is 0.0289. The molecule has 0 aromatic heterocycles. The highest BCUT2D eigenvalue weighted by Gasteiger charge is 2.22. The molecule has 0 radical (unpaired) electrons. The normalized spacial score (nSPS) is 18.4. The molecular weight excluding hydrogens is 256 g/mol. The summed E-state index contributed by atoms with van der Waals surface area (Å²) >= 11 is 5.76. The Bertz CT molecular complexity index is 621. The number of guanidine groups is 1. The third-order valence-corrected chi connectivity index (χ3v) is 2.36. The molecule has 2 N–H and O–H groups in total. The highest BCUT2D eigenvalue weighted by Crippen LogP contribution is 2.15. The number of halogens is 1. The Labute approximate surface area is 111 Å². The van der Waals surface area contributed by atoms with E-state index in [9.17, 15) is 9.59 Å². The highest BCUT2D eigenvalue weighted by atomic mass is 35.5. The first-order valence-electron chi connectivity index (χ1n) is 6.05. The van der Waals surface area contributed by atoms with E-state index in [-0.39, 0.29) is 41.2 Å². The molecule has 1 saturated heterocycles. The minimum atomic E-state index is -0.793. The van der Waals surface area contributed by atoms with Gasteiger partial charge < -0.3 is 10.2 Å². The van der Waals surface area contributed by atoms with E-state index >= 15 is 0 Å². The topological polar surface area (TPSA) is 73.8 Å². The van der Waals surface area contributed by atoms with Crippen molar-refractivity contribution in [2.75, 3.05) is 18.9 Å². The fourth-order valence-corrected chi connectivity index (χ4v) is 1.51. The molecule has 1 aromatic carbocycles. The molecule has 1 aliphatic heterocycles. The molecule has 1 aliphatic rings. The lowest BCUT2D eigenvalue weighted by atomic mass is 10.3. The quantitative estimate of drug-likeness (QED) is 0.808. The summed E-state index contributed by atoms with van der Waals surface area (Å²) in [7, 11) is 1.61. The van der Waals surface area contributed by atoms with E-state index in [1.807, 2.05) is 0 Å². The molecule has 7 heteroatoms. The zero-order valence-corrected chi connectivity index (χ0v) is 10.2. The fourth-order valence-electron chi connectivity index (χ4n) is 1.36. The van der Waals surface area contributed by atoms with Gasteiger partial charge in [-0.2, -0.15) is 4.99 Å². The van der Waals surface area contributed by atoms with Crippen molar-refractivity contribution in [1.29, 1.82) is 0 Å². The van der Waals surface area contributed by atoms with Crippen LogP contribution in [-0.2, 0) is 4.79 Å². The Hall–Kier alpha value is -2.08. The lowest BCUT2D eigenvalue weighted by molar-refractivity contribution is -0.118. The zero-order chi connectivity index (χ0) is 14.9. The average molecular weight is 271 g/mol. The van der Waals surface area contributed by atoms with E-state index in [1.54, 1.807) is 7.05 Å². The molecule has 0 unspecified atom stereocenters. The van der Waals surface area contributed by atoms with Crippen molar-refractivity contribution in [3.05, 3.63) is 29.2 Å². The first kappa shape index (κ1) is 9.90. The van der Waals surface area contributed by atoms with Crippen molar-refractivity contribution in [3.8, 4) is 0 Å². The maximum absolute atomic E-state index is 11.8. The molecule has 6 nitrogen and oxygen atoms in total. The number of aliphatic imine (C=N–C) groups is 1. The van der Waals surface area contributed by atoms with Crippen LogP contribution in [0.25, 0.3) is 0 Å². The van der Waals surface area contributed by atoms with E-state index < -0.39 is 6.03 Å². The summed E-state index contributed by atoms with van der Waals surface area (Å²) in [4.78, 5) is 28.0. The van der Waals surface area contributed by atoms with Gasteiger partial charge in [0.05, 0.1) is 9.29 Å². The van der Waals surface area contributed by atoms with Crippen LogP contribution in [0.5, 0.6) is 0 Å². The Balaban J connectivity index is 2.19. The van der Waals surface area contributed by atoms with Gasteiger partial charge in [-0.15, -0.1) is 0 Å². The molecule has 1 heterocycles. The largest absolute Gasteiger partial charge is 0.348 e. The van der Waals surface area contributed by atoms with Gasteiger partial charge >= 0.3 is 6.03 Å². The molecule has 3 amide bonds. The molecule has 0 aliphatic carbocycles. The van der Waals surface area contributed by atoms with Crippen molar-refractivity contribution < 1.29 is 12.3 Å². The van der Waals surface area contributed by atoms with Crippen LogP contribution >= 0.6 is 11.6 Å². The maximum Gasteiger partial charge on any atom is 0.348 e. The monoisotopic (exact) mass is 270 g/mol. The molecule has 0 atom stereocenters. The number of hydrogen-bond donors (Lipinski definition) is 2. The minimum Gasteiger partial charge on any atom is -0.336 e. The van der Waals surface area contributed by atoms with Crippen molar-refractivity contribution >= 4 is 35.2 Å². The van der Waals surface area contributed by atoms with Crippen LogP contribution in [-0.4, -0.2) is 36.4 Å². The Morgan fingerprint density at radius 1 is 1.72 bits per heavy atom. The molecular formula is C11H11ClN4O2. The number of carbonyl (C=O) groups excluding carboxylic acids is 2. The van der Waals surface area contributed by atoms with Crippen LogP contribution in [0.2, 0.25) is 5.02 Å². The lowest BCUT2D eigenvalue weighted by Crippen LogP contribution is -2.29. The van der Waals surface area contributed by atoms with Crippen LogP contribution < -0.4 is 10.6 Å². The van der Waals surface area contributed by atoms with Gasteiger partial charge in [-0.25, -0.2) is 4.79 Å². The molecule has 2 rings (SSSR count). The van der Waals surface area contributed by atoms with Crippen molar-refractivity contribution in [2.24, 2.45) is 4.99 Å². The number of carbonyl (C=O) groups is 2. The van der Waals surface area contributed by atoms with Crippen molar-refractivity contribution in [2.45, 2.75) is 0 Å². The number of benzene rings is 1. The molecule has 0 saturated carbocycles. The van der Waals surface area contributed by atoms with E-state index in [4.69, 9.17) is 14.3 Å². The number of hydrogen-bond acceptors (Lipinski definition) is 2. The van der Waals surface area contributed by atoms with Gasteiger partial charge in [-0.1, -0.05) is 17.7 Å². The maximum atomic E-state index is 11.8. The molecule has 0 bridgehead atoms. The standard InChI is InChI=1S/C11H11ClN4O2/c1-16-6-9(17)14-10(16)15-11(18)13-8-4-2-3-7(12)5-8/h2-5H,6H2,1H3,(H2,13,14,15,17,18)/i4T,5T. The Morgan fingerprint density at radius 3 is 3.17 bits per heavy atom. The Kier molecular flexibility index (Phi) is 2.78. The van der Waals surface area contributed by atoms with Gasteiger partial charge in [-0.3, -0.25) is 10.1 Å². The third-order valence-electron chi connectivity index (χ3n) is 2.13. The summed E-state index contributed by atoms with van der Waals surface area (Å²) in [5, 5.41) is 4.86. The average Bonchev–Trinajstić information content (AvgIpc) is 2.68. The number of nitrogens with zero attached hydrogens (tertiary/aromatic N) is 2. The number of urea groups is 1. The fraction of sp³-hybridized carbons (Fsp3) is 0.182. The zero-order valence-electron chi connectivity index (χ0n) is 11.5. The summed E-state index contributed by atoms with van der Waals surface area (Å²) in [5.41, 5.74) is -0.0289. The predicted molar refractivity (Wildman–Crippen MR) is 68.7 cm³/mol. The van der Waals surface area contributed by atoms with E-state index in [2.05, 4.69) is 15.6 Å². The van der Waals surface area contributed by atoms with Crippen LogP contribution in [0.3, 0.4) is 0 Å². The number of likely N-dealkylation sites (N-methyl/N-ethyl adjacent to an activating group) is 1. The van der Waals surface area contributed by atoms with Crippen LogP contribution in [0, 0.1) is 0 Å². The van der Waals surface area contributed by atoms with E-state index in [0.717, 1.165) is 0 Å². The second-order valence-electron chi connectivity index (χ2n) is 3.60. The SMILES string of the molecule is [3H]c1ccc(Cl)c([3H])c1NC(=O)/N=C1/NC(=O)CN1C. The first-order chi connectivity index (χ1) is 9.38.